The number of benzene rings is 3. The molecule has 0 spiro atoms. The summed E-state index contributed by atoms with van der Waals surface area (Å²) < 4.78 is 2.69. The topological polar surface area (TPSA) is 49.4 Å². The van der Waals surface area contributed by atoms with Gasteiger partial charge in [0.1, 0.15) is 0 Å². The molecular weight excluding hydrogens is 416 g/mol. The summed E-state index contributed by atoms with van der Waals surface area (Å²) in [5.74, 6) is -0.174. The van der Waals surface area contributed by atoms with Crippen LogP contribution in [0.15, 0.2) is 78.9 Å². The van der Waals surface area contributed by atoms with E-state index in [-0.39, 0.29) is 5.91 Å². The van der Waals surface area contributed by atoms with E-state index in [1.165, 1.54) is 11.9 Å². The number of nitrogens with zero attached hydrogens (tertiary/aromatic N) is 1. The third-order valence-electron chi connectivity index (χ3n) is 4.19. The Hall–Kier alpha value is -2.76. The number of halogens is 1. The van der Waals surface area contributed by atoms with Crippen molar-refractivity contribution in [2.24, 2.45) is 0 Å². The predicted molar refractivity (Wildman–Crippen MR) is 128 cm³/mol. The first-order valence-corrected chi connectivity index (χ1v) is 11.2. The van der Waals surface area contributed by atoms with Crippen LogP contribution in [0.1, 0.15) is 29.3 Å². The van der Waals surface area contributed by atoms with Gasteiger partial charge in [0.05, 0.1) is 5.69 Å². The third kappa shape index (κ3) is 6.94. The molecule has 3 rings (SSSR count). The normalized spacial score (nSPS) is 9.83. The summed E-state index contributed by atoms with van der Waals surface area (Å²) in [6, 6.07) is 24.3. The Kier molecular flexibility index (Phi) is 9.98. The Bertz CT molecular complexity index is 951. The number of nitrogens with one attached hydrogen (secondary N) is 1. The van der Waals surface area contributed by atoms with E-state index in [2.05, 4.69) is 11.6 Å². The van der Waals surface area contributed by atoms with E-state index in [1.807, 2.05) is 60.7 Å². The van der Waals surface area contributed by atoms with Crippen molar-refractivity contribution >= 4 is 47.2 Å². The van der Waals surface area contributed by atoms with E-state index in [0.29, 0.717) is 11.3 Å². The Morgan fingerprint density at radius 1 is 1.03 bits per heavy atom. The molecule has 0 aliphatic carbocycles. The van der Waals surface area contributed by atoms with Crippen LogP contribution in [0.3, 0.4) is 0 Å². The standard InChI is InChI=1S/C18H20N2O2S.C6H5Cl/c1-3-7-14-8-4-5-11-17(14)20(13-21)16-10-6-9-15(12-16)18(22)19-23-2;7-6-4-2-1-3-5-6/h4-6,8-13H,3,7H2,1-2H3,(H,19,22);1-5H. The molecule has 4 nitrogen and oxygen atoms in total. The van der Waals surface area contributed by atoms with Crippen molar-refractivity contribution < 1.29 is 9.59 Å². The lowest BCUT2D eigenvalue weighted by Gasteiger charge is -2.21. The van der Waals surface area contributed by atoms with Crippen LogP contribution < -0.4 is 9.62 Å². The van der Waals surface area contributed by atoms with E-state index in [1.54, 1.807) is 29.4 Å². The zero-order valence-corrected chi connectivity index (χ0v) is 18.6. The maximum absolute atomic E-state index is 12.0. The number of hydrogen-bond acceptors (Lipinski definition) is 3. The maximum Gasteiger partial charge on any atom is 0.261 e. The van der Waals surface area contributed by atoms with E-state index < -0.39 is 0 Å². The molecule has 0 atom stereocenters. The van der Waals surface area contributed by atoms with E-state index in [9.17, 15) is 9.59 Å². The van der Waals surface area contributed by atoms with Gasteiger partial charge in [-0.25, -0.2) is 0 Å². The summed E-state index contributed by atoms with van der Waals surface area (Å²) in [6.45, 7) is 2.11. The second kappa shape index (κ2) is 12.7. The lowest BCUT2D eigenvalue weighted by Crippen LogP contribution is -2.18. The molecule has 30 heavy (non-hydrogen) atoms. The van der Waals surface area contributed by atoms with Crippen LogP contribution in [0.25, 0.3) is 0 Å². The quantitative estimate of drug-likeness (QED) is 0.347. The number of carbonyl (C=O) groups excluding carboxylic acids is 2. The molecule has 0 bridgehead atoms. The number of hydrogen-bond donors (Lipinski definition) is 1. The highest BCUT2D eigenvalue weighted by molar-refractivity contribution is 7.97. The molecule has 3 aromatic carbocycles. The van der Waals surface area contributed by atoms with Crippen molar-refractivity contribution in [2.75, 3.05) is 11.2 Å². The molecule has 1 N–H and O–H groups in total. The highest BCUT2D eigenvalue weighted by Crippen LogP contribution is 2.28. The highest BCUT2D eigenvalue weighted by Gasteiger charge is 2.14. The largest absolute Gasteiger partial charge is 0.296 e. The average molecular weight is 441 g/mol. The summed E-state index contributed by atoms with van der Waals surface area (Å²) >= 11 is 6.79. The van der Waals surface area contributed by atoms with Gasteiger partial charge in [-0.1, -0.05) is 79.4 Å². The van der Waals surface area contributed by atoms with Crippen LogP contribution in [0.2, 0.25) is 5.02 Å². The van der Waals surface area contributed by atoms with Crippen LogP contribution in [-0.4, -0.2) is 18.6 Å². The smallest absolute Gasteiger partial charge is 0.261 e. The molecule has 0 saturated heterocycles. The van der Waals surface area contributed by atoms with Gasteiger partial charge in [0.2, 0.25) is 6.41 Å². The Morgan fingerprint density at radius 3 is 2.33 bits per heavy atom. The predicted octanol–water partition coefficient (Wildman–Crippen LogP) is 6.28. The Balaban J connectivity index is 0.000000386. The fraction of sp³-hybridized carbons (Fsp3) is 0.167. The minimum Gasteiger partial charge on any atom is -0.296 e. The monoisotopic (exact) mass is 440 g/mol. The highest BCUT2D eigenvalue weighted by atomic mass is 35.5. The molecule has 0 saturated carbocycles. The third-order valence-corrected chi connectivity index (χ3v) is 4.83. The second-order valence-electron chi connectivity index (χ2n) is 6.34. The number of para-hydroxylation sites is 1. The van der Waals surface area contributed by atoms with Gasteiger partial charge in [-0.2, -0.15) is 0 Å². The van der Waals surface area contributed by atoms with E-state index in [4.69, 9.17) is 11.6 Å². The molecule has 6 heteroatoms. The van der Waals surface area contributed by atoms with Gasteiger partial charge in [0.15, 0.2) is 0 Å². The van der Waals surface area contributed by atoms with Crippen molar-refractivity contribution in [3.8, 4) is 0 Å². The molecule has 2 amide bonds. The average Bonchev–Trinajstić information content (AvgIpc) is 2.77. The molecule has 0 heterocycles. The summed E-state index contributed by atoms with van der Waals surface area (Å²) in [5, 5.41) is 0.794. The first-order valence-electron chi connectivity index (χ1n) is 9.57. The number of aryl methyl sites for hydroxylation is 1. The van der Waals surface area contributed by atoms with Gasteiger partial charge in [-0.05, 0) is 48.4 Å². The van der Waals surface area contributed by atoms with Crippen molar-refractivity contribution in [2.45, 2.75) is 19.8 Å². The van der Waals surface area contributed by atoms with Gasteiger partial charge in [0.25, 0.3) is 5.91 Å². The second-order valence-corrected chi connectivity index (χ2v) is 7.38. The van der Waals surface area contributed by atoms with Gasteiger partial charge in [0, 0.05) is 22.5 Å². The molecule has 0 fully saturated rings. The van der Waals surface area contributed by atoms with Crippen LogP contribution in [0.5, 0.6) is 0 Å². The van der Waals surface area contributed by atoms with Gasteiger partial charge in [-0.15, -0.1) is 0 Å². The molecule has 0 radical (unpaired) electrons. The first-order chi connectivity index (χ1) is 14.6. The molecule has 156 valence electrons. The van der Waals surface area contributed by atoms with Crippen LogP contribution in [0.4, 0.5) is 11.4 Å². The summed E-state index contributed by atoms with van der Waals surface area (Å²) in [7, 11) is 0. The fourth-order valence-electron chi connectivity index (χ4n) is 2.85. The maximum atomic E-state index is 12.0. The van der Waals surface area contributed by atoms with Gasteiger partial charge < -0.3 is 0 Å². The fourth-order valence-corrected chi connectivity index (χ4v) is 3.30. The summed E-state index contributed by atoms with van der Waals surface area (Å²) in [4.78, 5) is 25.2. The molecular formula is C24H25ClN2O2S. The van der Waals surface area contributed by atoms with Crippen molar-refractivity contribution in [1.29, 1.82) is 0 Å². The van der Waals surface area contributed by atoms with Crippen molar-refractivity contribution in [1.82, 2.24) is 4.72 Å². The number of rotatable bonds is 7. The zero-order chi connectivity index (χ0) is 21.8. The number of carbonyl (C=O) groups is 2. The minimum atomic E-state index is -0.174. The van der Waals surface area contributed by atoms with Crippen LogP contribution in [-0.2, 0) is 11.2 Å². The number of amides is 2. The first kappa shape index (κ1) is 23.5. The number of anilines is 2. The molecule has 0 aromatic heterocycles. The van der Waals surface area contributed by atoms with Crippen LogP contribution in [0, 0.1) is 0 Å². The molecule has 3 aromatic rings. The van der Waals surface area contributed by atoms with Gasteiger partial charge >= 0.3 is 0 Å². The summed E-state index contributed by atoms with van der Waals surface area (Å²) in [5.41, 5.74) is 3.17. The van der Waals surface area contributed by atoms with Gasteiger partial charge in [-0.3, -0.25) is 19.2 Å². The Morgan fingerprint density at radius 2 is 1.73 bits per heavy atom. The Labute approximate surface area is 187 Å². The lowest BCUT2D eigenvalue weighted by molar-refractivity contribution is -0.106. The molecule has 0 aliphatic heterocycles. The summed E-state index contributed by atoms with van der Waals surface area (Å²) in [6.07, 6.45) is 4.48. The van der Waals surface area contributed by atoms with E-state index >= 15 is 0 Å². The van der Waals surface area contributed by atoms with Crippen LogP contribution >= 0.6 is 23.5 Å². The van der Waals surface area contributed by atoms with E-state index in [0.717, 1.165) is 35.5 Å². The lowest BCUT2D eigenvalue weighted by atomic mass is 10.1. The van der Waals surface area contributed by atoms with Crippen molar-refractivity contribution in [3.05, 3.63) is 95.0 Å². The SMILES string of the molecule is CCCc1ccccc1N(C=O)c1cccc(C(=O)NSC)c1.Clc1ccccc1. The molecule has 0 unspecified atom stereocenters. The minimum absolute atomic E-state index is 0.174. The zero-order valence-electron chi connectivity index (χ0n) is 17.0. The van der Waals surface area contributed by atoms with Crippen molar-refractivity contribution in [3.63, 3.8) is 0 Å². The molecule has 0 aliphatic rings.